The van der Waals surface area contributed by atoms with E-state index in [-0.39, 0.29) is 16.9 Å². The third kappa shape index (κ3) is 2.04. The highest BCUT2D eigenvalue weighted by molar-refractivity contribution is 6.42. The second-order valence-electron chi connectivity index (χ2n) is 7.10. The third-order valence-corrected chi connectivity index (χ3v) is 6.19. The molecule has 3 aliphatic carbocycles. The van der Waals surface area contributed by atoms with E-state index in [9.17, 15) is 14.7 Å². The van der Waals surface area contributed by atoms with Crippen LogP contribution < -0.4 is 5.32 Å². The molecule has 22 heavy (non-hydrogen) atoms. The Bertz CT molecular complexity index is 664. The summed E-state index contributed by atoms with van der Waals surface area (Å²) in [5, 5.41) is 13.1. The number of carbonyl (C=O) groups excluding carboxylic acids is 1. The maximum atomic E-state index is 12.3. The molecule has 6 heteroatoms. The zero-order chi connectivity index (χ0) is 16.3. The average Bonchev–Trinajstić information content (AvgIpc) is 2.34. The Hall–Kier alpha value is -1.26. The molecule has 3 aliphatic rings. The molecule has 0 aliphatic heterocycles. The first-order valence-corrected chi connectivity index (χ1v) is 7.88. The average molecular weight is 342 g/mol. The van der Waals surface area contributed by atoms with Crippen LogP contribution in [0.2, 0.25) is 10.0 Å². The number of hydrogen-bond acceptors (Lipinski definition) is 2. The second kappa shape index (κ2) is 4.62. The molecule has 118 valence electrons. The molecule has 0 saturated heterocycles. The van der Waals surface area contributed by atoms with E-state index in [0.717, 1.165) is 0 Å². The van der Waals surface area contributed by atoms with Gasteiger partial charge in [0.05, 0.1) is 15.5 Å². The molecule has 4 nitrogen and oxygen atoms in total. The van der Waals surface area contributed by atoms with E-state index in [0.29, 0.717) is 34.9 Å². The van der Waals surface area contributed by atoms with E-state index in [4.69, 9.17) is 23.2 Å². The molecule has 0 aromatic heterocycles. The van der Waals surface area contributed by atoms with Crippen LogP contribution in [0.15, 0.2) is 18.2 Å². The number of benzene rings is 1. The van der Waals surface area contributed by atoms with Crippen LogP contribution in [-0.4, -0.2) is 22.5 Å². The van der Waals surface area contributed by atoms with Gasteiger partial charge in [0.2, 0.25) is 0 Å². The minimum atomic E-state index is -0.781. The molecular formula is C16H17Cl2NO3. The van der Waals surface area contributed by atoms with Crippen molar-refractivity contribution in [1.82, 2.24) is 5.32 Å². The first-order chi connectivity index (χ1) is 10.1. The molecule has 3 saturated carbocycles. The summed E-state index contributed by atoms with van der Waals surface area (Å²) < 4.78 is 0. The molecule has 2 N–H and O–H groups in total. The van der Waals surface area contributed by atoms with Crippen LogP contribution in [0, 0.1) is 10.8 Å². The Morgan fingerprint density at radius 1 is 1.18 bits per heavy atom. The molecule has 3 fully saturated rings. The van der Waals surface area contributed by atoms with Gasteiger partial charge >= 0.3 is 5.97 Å². The van der Waals surface area contributed by atoms with E-state index < -0.39 is 11.4 Å². The fraction of sp³-hybridized carbons (Fsp3) is 0.500. The highest BCUT2D eigenvalue weighted by Crippen LogP contribution is 2.74. The Morgan fingerprint density at radius 3 is 2.27 bits per heavy atom. The summed E-state index contributed by atoms with van der Waals surface area (Å²) in [6.07, 6.45) is 2.14. The number of hydrogen-bond donors (Lipinski definition) is 2. The summed E-state index contributed by atoms with van der Waals surface area (Å²) in [5.41, 5.74) is -0.742. The van der Waals surface area contributed by atoms with Crippen molar-refractivity contribution in [3.63, 3.8) is 0 Å². The summed E-state index contributed by atoms with van der Waals surface area (Å²) in [4.78, 5) is 23.7. The highest BCUT2D eigenvalue weighted by Gasteiger charge is 2.75. The Labute approximate surface area is 138 Å². The molecule has 4 rings (SSSR count). The van der Waals surface area contributed by atoms with E-state index in [1.165, 1.54) is 0 Å². The Balaban J connectivity index is 1.67. The molecule has 1 amide bonds. The van der Waals surface area contributed by atoms with Gasteiger partial charge in [-0.2, -0.15) is 0 Å². The zero-order valence-electron chi connectivity index (χ0n) is 12.4. The van der Waals surface area contributed by atoms with Crippen molar-refractivity contribution in [3.05, 3.63) is 33.8 Å². The van der Waals surface area contributed by atoms with E-state index in [1.54, 1.807) is 32.0 Å². The minimum Gasteiger partial charge on any atom is -0.481 e. The lowest BCUT2D eigenvalue weighted by Gasteiger charge is -2.74. The number of carboxylic acid groups (broad SMARTS) is 1. The SMILES string of the molecule is CC(C)(C(=O)O)C12CC(NC(=O)c3ccc(Cl)c(Cl)c3)(C1)C2. The lowest BCUT2D eigenvalue weighted by atomic mass is 9.32. The maximum absolute atomic E-state index is 12.3. The first kappa shape index (κ1) is 15.6. The summed E-state index contributed by atoms with van der Waals surface area (Å²) in [6, 6.07) is 4.77. The molecule has 0 spiro atoms. The van der Waals surface area contributed by atoms with Crippen molar-refractivity contribution >= 4 is 35.1 Å². The predicted octanol–water partition coefficient (Wildman–Crippen LogP) is 3.76. The van der Waals surface area contributed by atoms with Gasteiger partial charge in [0.1, 0.15) is 0 Å². The van der Waals surface area contributed by atoms with Gasteiger partial charge in [-0.15, -0.1) is 0 Å². The lowest BCUT2D eigenvalue weighted by molar-refractivity contribution is -0.225. The smallest absolute Gasteiger partial charge is 0.309 e. The topological polar surface area (TPSA) is 66.4 Å². The fourth-order valence-electron chi connectivity index (χ4n) is 3.76. The van der Waals surface area contributed by atoms with Crippen molar-refractivity contribution in [1.29, 1.82) is 0 Å². The van der Waals surface area contributed by atoms with Gasteiger partial charge in [-0.25, -0.2) is 0 Å². The normalized spacial score (nSPS) is 29.3. The molecule has 0 unspecified atom stereocenters. The number of carboxylic acids is 1. The van der Waals surface area contributed by atoms with Crippen LogP contribution in [0.4, 0.5) is 0 Å². The van der Waals surface area contributed by atoms with Gasteiger partial charge in [-0.1, -0.05) is 23.2 Å². The summed E-state index contributed by atoms with van der Waals surface area (Å²) in [6.45, 7) is 3.53. The van der Waals surface area contributed by atoms with Crippen molar-refractivity contribution < 1.29 is 14.7 Å². The van der Waals surface area contributed by atoms with Crippen LogP contribution in [0.1, 0.15) is 43.5 Å². The van der Waals surface area contributed by atoms with Gasteiger partial charge in [-0.05, 0) is 56.7 Å². The van der Waals surface area contributed by atoms with Crippen LogP contribution in [0.25, 0.3) is 0 Å². The van der Waals surface area contributed by atoms with Crippen LogP contribution >= 0.6 is 23.2 Å². The molecule has 2 bridgehead atoms. The van der Waals surface area contributed by atoms with Crippen molar-refractivity contribution in [2.45, 2.75) is 38.6 Å². The van der Waals surface area contributed by atoms with Gasteiger partial charge < -0.3 is 10.4 Å². The summed E-state index contributed by atoms with van der Waals surface area (Å²) in [5.74, 6) is -0.975. The van der Waals surface area contributed by atoms with Crippen LogP contribution in [-0.2, 0) is 4.79 Å². The van der Waals surface area contributed by atoms with Crippen molar-refractivity contribution in [2.24, 2.45) is 10.8 Å². The van der Waals surface area contributed by atoms with Gasteiger partial charge in [0, 0.05) is 11.1 Å². The molecule has 1 aromatic carbocycles. The summed E-state index contributed by atoms with van der Waals surface area (Å²) in [7, 11) is 0. The molecular weight excluding hydrogens is 325 g/mol. The number of aliphatic carboxylic acids is 1. The van der Waals surface area contributed by atoms with Gasteiger partial charge in [0.15, 0.2) is 0 Å². The lowest BCUT2D eigenvalue weighted by Crippen LogP contribution is -2.79. The number of halogens is 2. The van der Waals surface area contributed by atoms with Crippen LogP contribution in [0.5, 0.6) is 0 Å². The Kier molecular flexibility index (Phi) is 3.28. The monoisotopic (exact) mass is 341 g/mol. The maximum Gasteiger partial charge on any atom is 0.309 e. The van der Waals surface area contributed by atoms with E-state index >= 15 is 0 Å². The standard InChI is InChI=1S/C16H17Cl2NO3/c1-14(2,13(21)22)15-6-16(7-15,8-15)19-12(20)9-3-4-10(17)11(18)5-9/h3-5H,6-8H2,1-2H3,(H,19,20)(H,21,22). The van der Waals surface area contributed by atoms with Gasteiger partial charge in [-0.3, -0.25) is 9.59 Å². The minimum absolute atomic E-state index is 0.191. The highest BCUT2D eigenvalue weighted by atomic mass is 35.5. The van der Waals surface area contributed by atoms with Crippen molar-refractivity contribution in [2.75, 3.05) is 0 Å². The van der Waals surface area contributed by atoms with E-state index in [2.05, 4.69) is 5.32 Å². The number of rotatable bonds is 4. The first-order valence-electron chi connectivity index (χ1n) is 7.12. The second-order valence-corrected chi connectivity index (χ2v) is 7.92. The molecule has 0 atom stereocenters. The number of carbonyl (C=O) groups is 2. The quantitative estimate of drug-likeness (QED) is 0.876. The number of nitrogens with one attached hydrogen (secondary N) is 1. The predicted molar refractivity (Wildman–Crippen MR) is 84.4 cm³/mol. The molecule has 0 radical (unpaired) electrons. The summed E-state index contributed by atoms with van der Waals surface area (Å²) >= 11 is 11.8. The Morgan fingerprint density at radius 2 is 1.77 bits per heavy atom. The fourth-order valence-corrected chi connectivity index (χ4v) is 4.06. The van der Waals surface area contributed by atoms with Crippen molar-refractivity contribution in [3.8, 4) is 0 Å². The molecule has 0 heterocycles. The third-order valence-electron chi connectivity index (χ3n) is 5.45. The van der Waals surface area contributed by atoms with E-state index in [1.807, 2.05) is 0 Å². The largest absolute Gasteiger partial charge is 0.481 e. The molecule has 1 aromatic rings. The number of amides is 1. The van der Waals surface area contributed by atoms with Gasteiger partial charge in [0.25, 0.3) is 5.91 Å². The van der Waals surface area contributed by atoms with Crippen LogP contribution in [0.3, 0.4) is 0 Å². The zero-order valence-corrected chi connectivity index (χ0v) is 13.9.